The van der Waals surface area contributed by atoms with Gasteiger partial charge in [-0.2, -0.15) is 5.26 Å². The van der Waals surface area contributed by atoms with Crippen LogP contribution in [0, 0.1) is 11.3 Å². The first-order chi connectivity index (χ1) is 16.7. The van der Waals surface area contributed by atoms with Crippen molar-refractivity contribution in [2.45, 2.75) is 55.4 Å². The van der Waals surface area contributed by atoms with Crippen LogP contribution in [0.25, 0.3) is 16.3 Å². The molecule has 3 fully saturated rings. The van der Waals surface area contributed by atoms with E-state index >= 15 is 0 Å². The van der Waals surface area contributed by atoms with Gasteiger partial charge in [-0.05, 0) is 43.7 Å². The molecule has 4 heterocycles. The Morgan fingerprint density at radius 1 is 1.24 bits per heavy atom. The van der Waals surface area contributed by atoms with Crippen LogP contribution in [0.2, 0.25) is 0 Å². The molecule has 8 nitrogen and oxygen atoms in total. The van der Waals surface area contributed by atoms with E-state index in [4.69, 9.17) is 4.98 Å². The van der Waals surface area contributed by atoms with Crippen molar-refractivity contribution in [3.8, 4) is 16.8 Å². The number of piperazine rings is 1. The second-order valence-corrected chi connectivity index (χ2v) is 10.7. The molecule has 3 aliphatic rings. The molecule has 2 saturated carbocycles. The van der Waals surface area contributed by atoms with Crippen LogP contribution >= 0.6 is 23.3 Å². The first-order valence-corrected chi connectivity index (χ1v) is 13.5. The van der Waals surface area contributed by atoms with Gasteiger partial charge in [-0.25, -0.2) is 9.37 Å². The number of imidazole rings is 1. The molecule has 0 amide bonds. The number of nitrogens with one attached hydrogen (secondary N) is 2. The van der Waals surface area contributed by atoms with E-state index in [1.165, 1.54) is 23.3 Å². The summed E-state index contributed by atoms with van der Waals surface area (Å²) in [5.74, 6) is 0. The molecule has 0 unspecified atom stereocenters. The molecule has 6 rings (SSSR count). The molecule has 11 heteroatoms. The maximum Gasteiger partial charge on any atom is 0.166 e. The lowest BCUT2D eigenvalue weighted by Gasteiger charge is -2.30. The summed E-state index contributed by atoms with van der Waals surface area (Å²) >= 11 is 2.96. The van der Waals surface area contributed by atoms with E-state index in [9.17, 15) is 9.65 Å². The highest BCUT2D eigenvalue weighted by Gasteiger charge is 2.48. The zero-order chi connectivity index (χ0) is 23.8. The van der Waals surface area contributed by atoms with Crippen molar-refractivity contribution >= 4 is 34.6 Å². The summed E-state index contributed by atoms with van der Waals surface area (Å²) in [6.45, 7) is 7.31. The van der Waals surface area contributed by atoms with E-state index in [0.717, 1.165) is 83.8 Å². The lowest BCUT2D eigenvalue weighted by molar-refractivity contribution is 0.402. The Morgan fingerprint density at radius 2 is 2.00 bits per heavy atom. The van der Waals surface area contributed by atoms with Crippen LogP contribution in [0.15, 0.2) is 23.4 Å². The molecule has 34 heavy (non-hydrogen) atoms. The van der Waals surface area contributed by atoms with Gasteiger partial charge < -0.3 is 10.2 Å². The predicted molar refractivity (Wildman–Crippen MR) is 134 cm³/mol. The van der Waals surface area contributed by atoms with E-state index in [2.05, 4.69) is 41.7 Å². The van der Waals surface area contributed by atoms with E-state index in [0.29, 0.717) is 0 Å². The first kappa shape index (κ1) is 23.5. The summed E-state index contributed by atoms with van der Waals surface area (Å²) in [7, 11) is 0. The smallest absolute Gasteiger partial charge is 0.166 e. The van der Waals surface area contributed by atoms with E-state index in [1.807, 2.05) is 26.2 Å². The molecule has 1 aliphatic heterocycles. The van der Waals surface area contributed by atoms with Gasteiger partial charge in [-0.1, -0.05) is 25.2 Å². The normalized spacial score (nSPS) is 19.9. The zero-order valence-electron chi connectivity index (χ0n) is 19.5. The summed E-state index contributed by atoms with van der Waals surface area (Å²) in [5.41, 5.74) is 1.98. The summed E-state index contributed by atoms with van der Waals surface area (Å²) < 4.78 is 18.8. The Bertz CT molecular complexity index is 1200. The number of rotatable bonds is 7. The number of alkyl halides is 1. The van der Waals surface area contributed by atoms with Crippen molar-refractivity contribution in [2.75, 3.05) is 37.8 Å². The largest absolute Gasteiger partial charge is 0.366 e. The van der Waals surface area contributed by atoms with Gasteiger partial charge in [0.15, 0.2) is 10.7 Å². The predicted octanol–water partition coefficient (Wildman–Crippen LogP) is 3.94. The fourth-order valence-corrected chi connectivity index (χ4v) is 5.97. The van der Waals surface area contributed by atoms with Gasteiger partial charge in [-0.3, -0.25) is 9.12 Å². The van der Waals surface area contributed by atoms with Crippen LogP contribution in [0.1, 0.15) is 44.5 Å². The number of hydrogen-bond donors (Lipinski definition) is 2. The molecular formula is C23H29FN8S2. The molecule has 0 radical (unpaired) electrons. The molecular weight excluding hydrogens is 471 g/mol. The number of halogens is 1. The third-order valence-corrected chi connectivity index (χ3v) is 8.68. The van der Waals surface area contributed by atoms with Gasteiger partial charge in [0.1, 0.15) is 22.8 Å². The number of anilines is 1. The van der Waals surface area contributed by atoms with Gasteiger partial charge in [0, 0.05) is 37.3 Å². The fourth-order valence-electron chi connectivity index (χ4n) is 4.00. The third-order valence-electron chi connectivity index (χ3n) is 6.53. The van der Waals surface area contributed by atoms with Crippen molar-refractivity contribution in [3.05, 3.63) is 23.5 Å². The van der Waals surface area contributed by atoms with Crippen molar-refractivity contribution < 1.29 is 4.39 Å². The van der Waals surface area contributed by atoms with E-state index in [1.54, 1.807) is 0 Å². The van der Waals surface area contributed by atoms with E-state index in [-0.39, 0.29) is 12.2 Å². The minimum atomic E-state index is -0.446. The molecule has 2 N–H and O–H groups in total. The van der Waals surface area contributed by atoms with Crippen LogP contribution in [0.3, 0.4) is 0 Å². The van der Waals surface area contributed by atoms with Crippen LogP contribution in [-0.4, -0.2) is 58.0 Å². The summed E-state index contributed by atoms with van der Waals surface area (Å²) in [6.07, 6.45) is 7.31. The Morgan fingerprint density at radius 3 is 2.65 bits per heavy atom. The molecule has 0 spiro atoms. The maximum absolute atomic E-state index is 13.4. The summed E-state index contributed by atoms with van der Waals surface area (Å²) in [6, 6.07) is 4.54. The molecule has 3 aromatic heterocycles. The molecule has 1 saturated heterocycles. The van der Waals surface area contributed by atoms with Gasteiger partial charge in [0.25, 0.3) is 0 Å². The Kier molecular flexibility index (Phi) is 6.50. The summed E-state index contributed by atoms with van der Waals surface area (Å²) in [4.78, 5) is 8.09. The third kappa shape index (κ3) is 4.28. The van der Waals surface area contributed by atoms with Crippen LogP contribution in [-0.2, 0) is 5.41 Å². The van der Waals surface area contributed by atoms with Crippen molar-refractivity contribution in [1.29, 1.82) is 5.26 Å². The van der Waals surface area contributed by atoms with E-state index < -0.39 is 5.41 Å². The number of pyridine rings is 1. The highest BCUT2D eigenvalue weighted by molar-refractivity contribution is 7.97. The van der Waals surface area contributed by atoms with Gasteiger partial charge >= 0.3 is 0 Å². The standard InChI is InChI=1S/C21H23FN8S2.C2H6/c22-12-21(3-4-21)28-32-14-9-15(29-7-5-24-6-8-29)17-25-10-16(30(17)11-14)18-26-27-19(31-18)20(13-23)1-2-20;1-2/h9-11,24,28H,1-8,12H2;1-2H3. The van der Waals surface area contributed by atoms with Crippen LogP contribution in [0.5, 0.6) is 0 Å². The molecule has 0 bridgehead atoms. The first-order valence-electron chi connectivity index (χ1n) is 11.9. The SMILES string of the molecule is CC.N#CC1(c2nnc(-c3cnc4c(N5CCNCC5)cc(SNC5(CF)CC5)cn34)s2)CC1. The van der Waals surface area contributed by atoms with Gasteiger partial charge in [-0.15, -0.1) is 10.2 Å². The lowest BCUT2D eigenvalue weighted by Crippen LogP contribution is -2.43. The molecule has 3 aromatic rings. The number of aromatic nitrogens is 4. The average molecular weight is 501 g/mol. The number of fused-ring (bicyclic) bond motifs is 1. The summed E-state index contributed by atoms with van der Waals surface area (Å²) in [5, 5.41) is 23.2. The number of hydrogen-bond acceptors (Lipinski definition) is 9. The molecule has 180 valence electrons. The molecule has 0 atom stereocenters. The van der Waals surface area contributed by atoms with Gasteiger partial charge in [0.2, 0.25) is 0 Å². The Labute approximate surface area is 207 Å². The van der Waals surface area contributed by atoms with Gasteiger partial charge in [0.05, 0.1) is 23.5 Å². The number of nitriles is 1. The highest BCUT2D eigenvalue weighted by Crippen LogP contribution is 2.49. The number of nitrogens with zero attached hydrogens (tertiary/aromatic N) is 6. The maximum atomic E-state index is 13.4. The molecule has 2 aliphatic carbocycles. The fraction of sp³-hybridized carbons (Fsp3) is 0.565. The quantitative estimate of drug-likeness (QED) is 0.471. The van der Waals surface area contributed by atoms with Crippen LogP contribution in [0.4, 0.5) is 10.1 Å². The highest BCUT2D eigenvalue weighted by atomic mass is 32.2. The monoisotopic (exact) mass is 500 g/mol. The second-order valence-electron chi connectivity index (χ2n) is 8.86. The average Bonchev–Trinajstić information content (AvgIpc) is 3.78. The second kappa shape index (κ2) is 9.41. The Balaban J connectivity index is 0.00000117. The van der Waals surface area contributed by atoms with Crippen molar-refractivity contribution in [2.24, 2.45) is 0 Å². The zero-order valence-corrected chi connectivity index (χ0v) is 21.1. The van der Waals surface area contributed by atoms with Crippen molar-refractivity contribution in [3.63, 3.8) is 0 Å². The topological polar surface area (TPSA) is 94.2 Å². The van der Waals surface area contributed by atoms with Crippen molar-refractivity contribution in [1.82, 2.24) is 29.6 Å². The Hall–Kier alpha value is -2.26. The molecule has 0 aromatic carbocycles. The lowest BCUT2D eigenvalue weighted by atomic mass is 10.1. The van der Waals surface area contributed by atoms with Crippen LogP contribution < -0.4 is 14.9 Å². The minimum Gasteiger partial charge on any atom is -0.366 e. The minimum absolute atomic E-state index is 0.350.